The van der Waals surface area contributed by atoms with Crippen LogP contribution in [0.1, 0.15) is 25.3 Å². The summed E-state index contributed by atoms with van der Waals surface area (Å²) < 4.78 is 26.7. The van der Waals surface area contributed by atoms with Crippen molar-refractivity contribution >= 4 is 21.6 Å². The molecule has 1 unspecified atom stereocenters. The van der Waals surface area contributed by atoms with E-state index in [4.69, 9.17) is 17.3 Å². The number of hydrogen-bond acceptors (Lipinski definition) is 3. The molecule has 0 amide bonds. The Hall–Kier alpha value is -0.620. The van der Waals surface area contributed by atoms with E-state index in [0.717, 1.165) is 12.8 Å². The van der Waals surface area contributed by atoms with Crippen LogP contribution in [0.25, 0.3) is 0 Å². The smallest absolute Gasteiger partial charge is 0.243 e. The van der Waals surface area contributed by atoms with Crippen molar-refractivity contribution in [2.75, 3.05) is 13.1 Å². The third-order valence-electron chi connectivity index (χ3n) is 3.49. The van der Waals surface area contributed by atoms with Gasteiger partial charge in [0.2, 0.25) is 10.0 Å². The summed E-state index contributed by atoms with van der Waals surface area (Å²) in [6, 6.07) is 4.73. The van der Waals surface area contributed by atoms with Crippen molar-refractivity contribution < 1.29 is 8.42 Å². The van der Waals surface area contributed by atoms with Crippen molar-refractivity contribution in [2.45, 2.75) is 31.2 Å². The van der Waals surface area contributed by atoms with Crippen molar-refractivity contribution in [3.63, 3.8) is 0 Å². The van der Waals surface area contributed by atoms with Gasteiger partial charge >= 0.3 is 0 Å². The molecule has 1 aliphatic rings. The first-order valence-electron chi connectivity index (χ1n) is 6.44. The van der Waals surface area contributed by atoms with Crippen molar-refractivity contribution in [1.29, 1.82) is 0 Å². The van der Waals surface area contributed by atoms with Gasteiger partial charge in [-0.05, 0) is 42.5 Å². The first-order valence-corrected chi connectivity index (χ1v) is 8.25. The van der Waals surface area contributed by atoms with E-state index in [9.17, 15) is 8.42 Å². The van der Waals surface area contributed by atoms with Gasteiger partial charge in [-0.15, -0.1) is 0 Å². The van der Waals surface area contributed by atoms with Crippen molar-refractivity contribution in [1.82, 2.24) is 4.31 Å². The molecule has 1 atom stereocenters. The van der Waals surface area contributed by atoms with Crippen LogP contribution in [0, 0.1) is 5.92 Å². The van der Waals surface area contributed by atoms with Gasteiger partial charge in [-0.3, -0.25) is 0 Å². The second kappa shape index (κ2) is 5.79. The molecule has 19 heavy (non-hydrogen) atoms. The van der Waals surface area contributed by atoms with Crippen LogP contribution in [0.5, 0.6) is 0 Å². The standard InChI is InChI=1S/C13H19ClN2O2S/c1-10-3-2-6-16(9-10)19(17,18)12-4-5-13(14)11(7-12)8-15/h4-5,7,10H,2-3,6,8-9,15H2,1H3. The molecule has 1 aromatic rings. The lowest BCUT2D eigenvalue weighted by molar-refractivity contribution is 0.281. The second-order valence-electron chi connectivity index (χ2n) is 5.07. The van der Waals surface area contributed by atoms with Crippen LogP contribution in [0.2, 0.25) is 5.02 Å². The molecule has 0 aromatic heterocycles. The zero-order valence-corrected chi connectivity index (χ0v) is 12.5. The van der Waals surface area contributed by atoms with Gasteiger partial charge in [-0.1, -0.05) is 18.5 Å². The maximum absolute atomic E-state index is 12.6. The average molecular weight is 303 g/mol. The molecule has 0 saturated carbocycles. The molecule has 106 valence electrons. The van der Waals surface area contributed by atoms with Gasteiger partial charge in [0.05, 0.1) is 4.90 Å². The SMILES string of the molecule is CC1CCCN(S(=O)(=O)c2ccc(Cl)c(CN)c2)C1. The van der Waals surface area contributed by atoms with Crippen LogP contribution in [0.3, 0.4) is 0 Å². The van der Waals surface area contributed by atoms with E-state index >= 15 is 0 Å². The summed E-state index contributed by atoms with van der Waals surface area (Å²) in [6.45, 7) is 3.49. The predicted octanol–water partition coefficient (Wildman–Crippen LogP) is 2.22. The summed E-state index contributed by atoms with van der Waals surface area (Å²) in [4.78, 5) is 0.284. The Morgan fingerprint density at radius 2 is 2.21 bits per heavy atom. The summed E-state index contributed by atoms with van der Waals surface area (Å²) in [5, 5.41) is 0.508. The normalized spacial score (nSPS) is 21.5. The first-order chi connectivity index (χ1) is 8.95. The number of piperidine rings is 1. The lowest BCUT2D eigenvalue weighted by Gasteiger charge is -2.30. The number of halogens is 1. The van der Waals surface area contributed by atoms with Crippen molar-refractivity contribution in [3.8, 4) is 0 Å². The minimum Gasteiger partial charge on any atom is -0.326 e. The summed E-state index contributed by atoms with van der Waals surface area (Å²) in [6.07, 6.45) is 2.00. The van der Waals surface area contributed by atoms with Gasteiger partial charge in [-0.25, -0.2) is 8.42 Å². The number of nitrogens with two attached hydrogens (primary N) is 1. The Bertz CT molecular complexity index is 560. The lowest BCUT2D eigenvalue weighted by atomic mass is 10.0. The molecule has 0 aliphatic carbocycles. The van der Waals surface area contributed by atoms with E-state index in [1.165, 1.54) is 0 Å². The molecule has 0 radical (unpaired) electrons. The number of nitrogens with zero attached hydrogens (tertiary/aromatic N) is 1. The highest BCUT2D eigenvalue weighted by Gasteiger charge is 2.28. The predicted molar refractivity (Wildman–Crippen MR) is 76.5 cm³/mol. The van der Waals surface area contributed by atoms with E-state index in [1.807, 2.05) is 0 Å². The molecule has 1 fully saturated rings. The van der Waals surface area contributed by atoms with Crippen molar-refractivity contribution in [2.24, 2.45) is 11.7 Å². The molecule has 1 heterocycles. The van der Waals surface area contributed by atoms with E-state index < -0.39 is 10.0 Å². The maximum Gasteiger partial charge on any atom is 0.243 e. The maximum atomic E-state index is 12.6. The third-order valence-corrected chi connectivity index (χ3v) is 5.72. The topological polar surface area (TPSA) is 63.4 Å². The van der Waals surface area contributed by atoms with Crippen LogP contribution in [0.15, 0.2) is 23.1 Å². The van der Waals surface area contributed by atoms with Gasteiger partial charge in [0.25, 0.3) is 0 Å². The lowest BCUT2D eigenvalue weighted by Crippen LogP contribution is -2.39. The first kappa shape index (κ1) is 14.8. The molecule has 1 saturated heterocycles. The fourth-order valence-corrected chi connectivity index (χ4v) is 4.23. The Kier molecular flexibility index (Phi) is 4.50. The Labute approximate surface area is 119 Å². The van der Waals surface area contributed by atoms with Gasteiger partial charge in [-0.2, -0.15) is 4.31 Å². The van der Waals surface area contributed by atoms with Gasteiger partial charge < -0.3 is 5.73 Å². The van der Waals surface area contributed by atoms with Crippen LogP contribution in [-0.2, 0) is 16.6 Å². The molecule has 0 spiro atoms. The van der Waals surface area contributed by atoms with Crippen LogP contribution in [0.4, 0.5) is 0 Å². The molecule has 2 rings (SSSR count). The molecular formula is C13H19ClN2O2S. The van der Waals surface area contributed by atoms with Crippen LogP contribution < -0.4 is 5.73 Å². The Morgan fingerprint density at radius 1 is 1.47 bits per heavy atom. The van der Waals surface area contributed by atoms with Gasteiger partial charge in [0.15, 0.2) is 0 Å². The monoisotopic (exact) mass is 302 g/mol. The van der Waals surface area contributed by atoms with E-state index in [-0.39, 0.29) is 11.4 Å². The summed E-state index contributed by atoms with van der Waals surface area (Å²) >= 11 is 5.97. The number of benzene rings is 1. The molecule has 0 bridgehead atoms. The fourth-order valence-electron chi connectivity index (χ4n) is 2.38. The summed E-state index contributed by atoms with van der Waals surface area (Å²) in [7, 11) is -3.43. The third kappa shape index (κ3) is 3.11. The molecule has 1 aromatic carbocycles. The zero-order chi connectivity index (χ0) is 14.0. The molecule has 2 N–H and O–H groups in total. The highest BCUT2D eigenvalue weighted by atomic mass is 35.5. The minimum absolute atomic E-state index is 0.235. The van der Waals surface area contributed by atoms with Crippen LogP contribution in [-0.4, -0.2) is 25.8 Å². The molecule has 6 heteroatoms. The molecular weight excluding hydrogens is 284 g/mol. The zero-order valence-electron chi connectivity index (χ0n) is 11.0. The number of rotatable bonds is 3. The summed E-state index contributed by atoms with van der Waals surface area (Å²) in [5.74, 6) is 0.407. The number of sulfonamides is 1. The van der Waals surface area contributed by atoms with Crippen molar-refractivity contribution in [3.05, 3.63) is 28.8 Å². The van der Waals surface area contributed by atoms with Gasteiger partial charge in [0.1, 0.15) is 0 Å². The second-order valence-corrected chi connectivity index (χ2v) is 7.41. The highest BCUT2D eigenvalue weighted by Crippen LogP contribution is 2.26. The quantitative estimate of drug-likeness (QED) is 0.931. The number of hydrogen-bond donors (Lipinski definition) is 1. The van der Waals surface area contributed by atoms with E-state index in [0.29, 0.717) is 29.6 Å². The van der Waals surface area contributed by atoms with E-state index in [2.05, 4.69) is 6.92 Å². The van der Waals surface area contributed by atoms with Crippen LogP contribution >= 0.6 is 11.6 Å². The Morgan fingerprint density at radius 3 is 2.84 bits per heavy atom. The summed E-state index contributed by atoms with van der Waals surface area (Å²) in [5.41, 5.74) is 6.23. The Balaban J connectivity index is 2.33. The minimum atomic E-state index is -3.43. The molecule has 1 aliphatic heterocycles. The van der Waals surface area contributed by atoms with Gasteiger partial charge in [0, 0.05) is 24.7 Å². The average Bonchev–Trinajstić information content (AvgIpc) is 2.39. The largest absolute Gasteiger partial charge is 0.326 e. The molecule has 4 nitrogen and oxygen atoms in total. The van der Waals surface area contributed by atoms with E-state index in [1.54, 1.807) is 22.5 Å². The highest BCUT2D eigenvalue weighted by molar-refractivity contribution is 7.89. The fraction of sp³-hybridized carbons (Fsp3) is 0.538.